The molecule has 27 heavy (non-hydrogen) atoms. The first-order chi connectivity index (χ1) is 13.2. The van der Waals surface area contributed by atoms with Crippen LogP contribution in [0.5, 0.6) is 0 Å². The molecule has 1 aliphatic carbocycles. The number of alkyl halides is 2. The van der Waals surface area contributed by atoms with Gasteiger partial charge in [0.05, 0.1) is 5.69 Å². The zero-order valence-corrected chi connectivity index (χ0v) is 16.5. The van der Waals surface area contributed by atoms with E-state index < -0.39 is 6.10 Å². The van der Waals surface area contributed by atoms with Crippen molar-refractivity contribution in [1.82, 2.24) is 4.90 Å². The second-order valence-corrected chi connectivity index (χ2v) is 7.22. The lowest BCUT2D eigenvalue weighted by atomic mass is 9.91. The van der Waals surface area contributed by atoms with Crippen molar-refractivity contribution in [3.63, 3.8) is 0 Å². The van der Waals surface area contributed by atoms with Crippen LogP contribution in [-0.2, 0) is 6.54 Å². The predicted octanol–water partition coefficient (Wildman–Crippen LogP) is 5.18. The van der Waals surface area contributed by atoms with Gasteiger partial charge >= 0.3 is 0 Å². The number of nitrogens with zero attached hydrogens (tertiary/aromatic N) is 3. The molecule has 0 bridgehead atoms. The molecule has 3 rings (SSSR count). The molecule has 2 atom stereocenters. The van der Waals surface area contributed by atoms with Gasteiger partial charge in [0.25, 0.3) is 0 Å². The molecule has 0 heterocycles. The van der Waals surface area contributed by atoms with E-state index in [1.165, 1.54) is 5.56 Å². The quantitative estimate of drug-likeness (QED) is 0.487. The Hall–Kier alpha value is -1.72. The Bertz CT molecular complexity index is 786. The van der Waals surface area contributed by atoms with Crippen LogP contribution < -0.4 is 0 Å². The van der Waals surface area contributed by atoms with Crippen molar-refractivity contribution in [3.8, 4) is 0 Å². The minimum absolute atomic E-state index is 0.381. The third kappa shape index (κ3) is 5.39. The SMILES string of the molecule is O[C@@H]1C=Cc2ccccc2[C@@H]1N=Nc1ccc(CN(CCCl)CCCl)cc1. The van der Waals surface area contributed by atoms with Crippen LogP contribution >= 0.6 is 23.2 Å². The Morgan fingerprint density at radius 1 is 0.963 bits per heavy atom. The van der Waals surface area contributed by atoms with Crippen LogP contribution in [0.2, 0.25) is 0 Å². The molecule has 0 unspecified atom stereocenters. The summed E-state index contributed by atoms with van der Waals surface area (Å²) in [5.41, 5.74) is 4.00. The van der Waals surface area contributed by atoms with Gasteiger partial charge in [0.15, 0.2) is 0 Å². The van der Waals surface area contributed by atoms with Crippen LogP contribution in [0.1, 0.15) is 22.7 Å². The molecule has 0 saturated carbocycles. The van der Waals surface area contributed by atoms with E-state index >= 15 is 0 Å². The van der Waals surface area contributed by atoms with Gasteiger partial charge in [0.2, 0.25) is 0 Å². The summed E-state index contributed by atoms with van der Waals surface area (Å²) in [6.07, 6.45) is 3.02. The summed E-state index contributed by atoms with van der Waals surface area (Å²) in [5.74, 6) is 1.17. The van der Waals surface area contributed by atoms with Gasteiger partial charge in [-0.3, -0.25) is 4.90 Å². The van der Waals surface area contributed by atoms with E-state index in [9.17, 15) is 5.11 Å². The smallest absolute Gasteiger partial charge is 0.126 e. The first-order valence-corrected chi connectivity index (χ1v) is 10.1. The Kier molecular flexibility index (Phi) is 7.41. The Labute approximate surface area is 170 Å². The number of azo groups is 1. The fraction of sp³-hybridized carbons (Fsp3) is 0.333. The monoisotopic (exact) mass is 403 g/mol. The molecule has 0 fully saturated rings. The molecule has 1 N–H and O–H groups in total. The average molecular weight is 404 g/mol. The fourth-order valence-corrected chi connectivity index (χ4v) is 3.60. The molecular formula is C21H23Cl2N3O. The number of aliphatic hydroxyl groups excluding tert-OH is 1. The van der Waals surface area contributed by atoms with Crippen molar-refractivity contribution in [3.05, 3.63) is 71.3 Å². The van der Waals surface area contributed by atoms with E-state index in [0.717, 1.165) is 36.4 Å². The molecule has 0 aromatic heterocycles. The normalized spacial score (nSPS) is 19.0. The Morgan fingerprint density at radius 3 is 2.37 bits per heavy atom. The van der Waals surface area contributed by atoms with E-state index in [1.807, 2.05) is 54.6 Å². The van der Waals surface area contributed by atoms with E-state index in [1.54, 1.807) is 6.08 Å². The van der Waals surface area contributed by atoms with Crippen LogP contribution in [0.25, 0.3) is 6.08 Å². The summed E-state index contributed by atoms with van der Waals surface area (Å²) in [6, 6.07) is 15.5. The number of rotatable bonds is 8. The second-order valence-electron chi connectivity index (χ2n) is 6.46. The molecule has 1 aliphatic rings. The topological polar surface area (TPSA) is 48.2 Å². The summed E-state index contributed by atoms with van der Waals surface area (Å²) in [7, 11) is 0. The number of hydrogen-bond donors (Lipinski definition) is 1. The molecule has 0 amide bonds. The lowest BCUT2D eigenvalue weighted by Crippen LogP contribution is -2.27. The highest BCUT2D eigenvalue weighted by molar-refractivity contribution is 6.18. The van der Waals surface area contributed by atoms with E-state index in [0.29, 0.717) is 11.8 Å². The zero-order valence-electron chi connectivity index (χ0n) is 15.0. The van der Waals surface area contributed by atoms with Crippen LogP contribution in [0, 0.1) is 0 Å². The minimum atomic E-state index is -0.664. The average Bonchev–Trinajstić information content (AvgIpc) is 2.69. The lowest BCUT2D eigenvalue weighted by molar-refractivity contribution is 0.189. The molecule has 4 nitrogen and oxygen atoms in total. The molecule has 0 aliphatic heterocycles. The standard InChI is InChI=1S/C21H23Cl2N3O/c22-11-13-26(14-12-23)15-16-5-8-18(9-6-16)24-25-21-19-4-2-1-3-17(19)7-10-20(21)27/h1-10,20-21,27H,11-15H2/t20-,21+/m1/s1. The van der Waals surface area contributed by atoms with Crippen LogP contribution in [0.3, 0.4) is 0 Å². The maximum atomic E-state index is 10.3. The van der Waals surface area contributed by atoms with E-state index in [2.05, 4.69) is 15.1 Å². The van der Waals surface area contributed by atoms with Crippen molar-refractivity contribution in [2.75, 3.05) is 24.8 Å². The van der Waals surface area contributed by atoms with Crippen LogP contribution in [-0.4, -0.2) is 41.0 Å². The number of aliphatic hydroxyl groups is 1. The van der Waals surface area contributed by atoms with Gasteiger partial charge in [-0.15, -0.1) is 23.2 Å². The molecule has 2 aromatic carbocycles. The van der Waals surface area contributed by atoms with Crippen molar-refractivity contribution in [2.45, 2.75) is 18.7 Å². The highest BCUT2D eigenvalue weighted by Crippen LogP contribution is 2.32. The second kappa shape index (κ2) is 10.00. The van der Waals surface area contributed by atoms with Crippen molar-refractivity contribution >= 4 is 35.0 Å². The van der Waals surface area contributed by atoms with Gasteiger partial charge in [0, 0.05) is 31.4 Å². The number of benzene rings is 2. The van der Waals surface area contributed by atoms with Gasteiger partial charge < -0.3 is 5.11 Å². The van der Waals surface area contributed by atoms with E-state index in [-0.39, 0.29) is 6.04 Å². The largest absolute Gasteiger partial charge is 0.386 e. The van der Waals surface area contributed by atoms with Gasteiger partial charge in [-0.1, -0.05) is 48.6 Å². The summed E-state index contributed by atoms with van der Waals surface area (Å²) in [4.78, 5) is 2.22. The first kappa shape index (κ1) is 20.0. The van der Waals surface area contributed by atoms with Crippen LogP contribution in [0.4, 0.5) is 5.69 Å². The van der Waals surface area contributed by atoms with E-state index in [4.69, 9.17) is 23.2 Å². The Balaban J connectivity index is 1.68. The summed E-state index contributed by atoms with van der Waals surface area (Å²) < 4.78 is 0. The molecule has 0 spiro atoms. The third-order valence-corrected chi connectivity index (χ3v) is 4.89. The van der Waals surface area contributed by atoms with Gasteiger partial charge in [-0.25, -0.2) is 0 Å². The van der Waals surface area contributed by atoms with Crippen LogP contribution in [0.15, 0.2) is 64.8 Å². The molecule has 2 aromatic rings. The summed E-state index contributed by atoms with van der Waals surface area (Å²) >= 11 is 11.7. The lowest BCUT2D eigenvalue weighted by Gasteiger charge is -2.22. The minimum Gasteiger partial charge on any atom is -0.386 e. The fourth-order valence-electron chi connectivity index (χ4n) is 3.12. The van der Waals surface area contributed by atoms with Crippen molar-refractivity contribution in [1.29, 1.82) is 0 Å². The van der Waals surface area contributed by atoms with Gasteiger partial charge in [-0.05, 0) is 28.8 Å². The zero-order chi connectivity index (χ0) is 19.1. The number of halogens is 2. The molecule has 142 valence electrons. The summed E-state index contributed by atoms with van der Waals surface area (Å²) in [6.45, 7) is 2.42. The first-order valence-electron chi connectivity index (χ1n) is 9.00. The molecule has 0 saturated heterocycles. The number of fused-ring (bicyclic) bond motifs is 1. The summed E-state index contributed by atoms with van der Waals surface area (Å²) in [5, 5.41) is 19.0. The number of hydrogen-bond acceptors (Lipinski definition) is 4. The highest BCUT2D eigenvalue weighted by Gasteiger charge is 2.24. The third-order valence-electron chi connectivity index (χ3n) is 4.55. The molecular weight excluding hydrogens is 381 g/mol. The van der Waals surface area contributed by atoms with Crippen molar-refractivity contribution < 1.29 is 5.11 Å². The Morgan fingerprint density at radius 2 is 1.67 bits per heavy atom. The highest BCUT2D eigenvalue weighted by atomic mass is 35.5. The predicted molar refractivity (Wildman–Crippen MR) is 112 cm³/mol. The van der Waals surface area contributed by atoms with Gasteiger partial charge in [0.1, 0.15) is 12.1 Å². The van der Waals surface area contributed by atoms with Crippen molar-refractivity contribution in [2.24, 2.45) is 10.2 Å². The maximum Gasteiger partial charge on any atom is 0.126 e. The molecule has 0 radical (unpaired) electrons. The van der Waals surface area contributed by atoms with Gasteiger partial charge in [-0.2, -0.15) is 10.2 Å². The molecule has 6 heteroatoms. The maximum absolute atomic E-state index is 10.3.